The van der Waals surface area contributed by atoms with Gasteiger partial charge in [0.1, 0.15) is 5.76 Å². The fraction of sp³-hybridized carbons (Fsp3) is 0. The molecule has 20 heavy (non-hydrogen) atoms. The third kappa shape index (κ3) is 3.21. The second kappa shape index (κ2) is 5.98. The summed E-state index contributed by atoms with van der Waals surface area (Å²) in [4.78, 5) is 21.7. The number of carbonyl (C=O) groups excluding carboxylic acids is 1. The van der Waals surface area contributed by atoms with Gasteiger partial charge in [-0.05, 0) is 18.2 Å². The maximum Gasteiger partial charge on any atom is 0.272 e. The fourth-order valence-electron chi connectivity index (χ4n) is 1.38. The fourth-order valence-corrected chi connectivity index (χ4v) is 1.64. The highest BCUT2D eigenvalue weighted by molar-refractivity contribution is 6.34. The van der Waals surface area contributed by atoms with Gasteiger partial charge in [-0.2, -0.15) is 5.10 Å². The van der Waals surface area contributed by atoms with E-state index in [0.29, 0.717) is 5.76 Å². The number of amides is 1. The van der Waals surface area contributed by atoms with Gasteiger partial charge in [-0.25, -0.2) is 5.43 Å². The summed E-state index contributed by atoms with van der Waals surface area (Å²) in [7, 11) is 0. The lowest BCUT2D eigenvalue weighted by Gasteiger charge is -2.02. The third-order valence-electron chi connectivity index (χ3n) is 2.31. The van der Waals surface area contributed by atoms with E-state index in [0.717, 1.165) is 6.07 Å². The van der Waals surface area contributed by atoms with E-state index in [-0.39, 0.29) is 16.3 Å². The van der Waals surface area contributed by atoms with Crippen molar-refractivity contribution < 1.29 is 14.1 Å². The highest BCUT2D eigenvalue weighted by atomic mass is 35.5. The lowest BCUT2D eigenvalue weighted by Crippen LogP contribution is -2.18. The molecule has 0 atom stereocenters. The molecule has 102 valence electrons. The summed E-state index contributed by atoms with van der Waals surface area (Å²) in [6, 6.07) is 6.90. The van der Waals surface area contributed by atoms with Crippen LogP contribution in [0.3, 0.4) is 0 Å². The van der Waals surface area contributed by atoms with Gasteiger partial charge in [0, 0.05) is 12.1 Å². The second-order valence-electron chi connectivity index (χ2n) is 3.64. The van der Waals surface area contributed by atoms with Crippen molar-refractivity contribution >= 4 is 29.4 Å². The Morgan fingerprint density at radius 2 is 2.25 bits per heavy atom. The zero-order chi connectivity index (χ0) is 14.5. The van der Waals surface area contributed by atoms with Crippen LogP contribution in [0.2, 0.25) is 5.02 Å². The van der Waals surface area contributed by atoms with Crippen LogP contribution in [0.15, 0.2) is 46.1 Å². The number of rotatable bonds is 4. The van der Waals surface area contributed by atoms with Crippen molar-refractivity contribution in [2.75, 3.05) is 0 Å². The van der Waals surface area contributed by atoms with Crippen LogP contribution in [0.5, 0.6) is 0 Å². The minimum Gasteiger partial charge on any atom is -0.463 e. The minimum absolute atomic E-state index is 0.0232. The molecule has 0 saturated heterocycles. The average Bonchev–Trinajstić information content (AvgIpc) is 2.91. The standard InChI is InChI=1S/C12H8ClN3O4/c13-11-6-8(16(18)19)3-4-10(11)12(17)15-14-7-9-2-1-5-20-9/h1-7H,(H,15,17). The largest absolute Gasteiger partial charge is 0.463 e. The number of non-ortho nitro benzene ring substituents is 1. The van der Waals surface area contributed by atoms with Gasteiger partial charge in [0.15, 0.2) is 0 Å². The first-order chi connectivity index (χ1) is 9.58. The van der Waals surface area contributed by atoms with Gasteiger partial charge in [0.2, 0.25) is 0 Å². The van der Waals surface area contributed by atoms with Gasteiger partial charge >= 0.3 is 0 Å². The molecule has 0 aliphatic heterocycles. The predicted molar refractivity (Wildman–Crippen MR) is 71.9 cm³/mol. The number of nitrogens with one attached hydrogen (secondary N) is 1. The number of furan rings is 1. The molecule has 7 nitrogen and oxygen atoms in total. The molecule has 0 unspecified atom stereocenters. The molecule has 1 aromatic heterocycles. The lowest BCUT2D eigenvalue weighted by molar-refractivity contribution is -0.384. The van der Waals surface area contributed by atoms with Crippen molar-refractivity contribution in [1.82, 2.24) is 5.43 Å². The predicted octanol–water partition coefficient (Wildman–Crippen LogP) is 2.61. The van der Waals surface area contributed by atoms with E-state index in [9.17, 15) is 14.9 Å². The third-order valence-corrected chi connectivity index (χ3v) is 2.62. The molecule has 1 aromatic carbocycles. The van der Waals surface area contributed by atoms with Crippen molar-refractivity contribution in [3.05, 3.63) is 63.1 Å². The van der Waals surface area contributed by atoms with E-state index >= 15 is 0 Å². The summed E-state index contributed by atoms with van der Waals surface area (Å²) in [5.74, 6) is -0.104. The summed E-state index contributed by atoms with van der Waals surface area (Å²) in [5.41, 5.74) is 2.15. The van der Waals surface area contributed by atoms with E-state index in [1.165, 1.54) is 24.6 Å². The molecule has 0 fully saturated rings. The molecule has 0 spiro atoms. The molecule has 1 heterocycles. The molecule has 0 aliphatic carbocycles. The van der Waals surface area contributed by atoms with Crippen molar-refractivity contribution in [2.24, 2.45) is 5.10 Å². The van der Waals surface area contributed by atoms with E-state index in [4.69, 9.17) is 16.0 Å². The van der Waals surface area contributed by atoms with Crippen LogP contribution in [0.25, 0.3) is 0 Å². The molecule has 2 aromatic rings. The normalized spacial score (nSPS) is 10.7. The number of halogens is 1. The molecular weight excluding hydrogens is 286 g/mol. The molecular formula is C12H8ClN3O4. The van der Waals surface area contributed by atoms with Gasteiger partial charge < -0.3 is 4.42 Å². The van der Waals surface area contributed by atoms with Gasteiger partial charge in [-0.3, -0.25) is 14.9 Å². The number of nitro groups is 1. The Hall–Kier alpha value is -2.67. The monoisotopic (exact) mass is 293 g/mol. The zero-order valence-corrected chi connectivity index (χ0v) is 10.7. The molecule has 1 N–H and O–H groups in total. The summed E-state index contributed by atoms with van der Waals surface area (Å²) >= 11 is 5.81. The average molecular weight is 294 g/mol. The quantitative estimate of drug-likeness (QED) is 0.532. The Labute approximate surface area is 118 Å². The van der Waals surface area contributed by atoms with E-state index in [1.54, 1.807) is 12.1 Å². The molecule has 0 saturated carbocycles. The van der Waals surface area contributed by atoms with E-state index in [1.807, 2.05) is 0 Å². The first kappa shape index (κ1) is 13.8. The van der Waals surface area contributed by atoms with Gasteiger partial charge in [-0.1, -0.05) is 11.6 Å². The Balaban J connectivity index is 2.08. The van der Waals surface area contributed by atoms with Crippen LogP contribution in [0.1, 0.15) is 16.1 Å². The van der Waals surface area contributed by atoms with Gasteiger partial charge in [0.05, 0.1) is 28.0 Å². The van der Waals surface area contributed by atoms with E-state index < -0.39 is 10.8 Å². The Bertz CT molecular complexity index is 667. The summed E-state index contributed by atoms with van der Waals surface area (Å²) in [6.45, 7) is 0. The Morgan fingerprint density at radius 3 is 2.85 bits per heavy atom. The summed E-state index contributed by atoms with van der Waals surface area (Å²) in [5, 5.41) is 14.2. The number of carbonyl (C=O) groups is 1. The Morgan fingerprint density at radius 1 is 1.45 bits per heavy atom. The highest BCUT2D eigenvalue weighted by Crippen LogP contribution is 2.22. The molecule has 0 radical (unpaired) electrons. The van der Waals surface area contributed by atoms with Crippen molar-refractivity contribution in [3.63, 3.8) is 0 Å². The lowest BCUT2D eigenvalue weighted by atomic mass is 10.2. The summed E-state index contributed by atoms with van der Waals surface area (Å²) in [6.07, 6.45) is 2.79. The number of hydrogen-bond acceptors (Lipinski definition) is 5. The number of hydrazone groups is 1. The van der Waals surface area contributed by atoms with Crippen molar-refractivity contribution in [1.29, 1.82) is 0 Å². The Kier molecular flexibility index (Phi) is 4.11. The number of hydrogen-bond donors (Lipinski definition) is 1. The minimum atomic E-state index is -0.595. The number of nitro benzene ring substituents is 1. The van der Waals surface area contributed by atoms with Gasteiger partial charge in [-0.15, -0.1) is 0 Å². The van der Waals surface area contributed by atoms with Crippen molar-refractivity contribution in [2.45, 2.75) is 0 Å². The first-order valence-corrected chi connectivity index (χ1v) is 5.76. The summed E-state index contributed by atoms with van der Waals surface area (Å²) < 4.78 is 4.99. The molecule has 2 rings (SSSR count). The number of nitrogens with zero attached hydrogens (tertiary/aromatic N) is 2. The molecule has 0 aliphatic rings. The smallest absolute Gasteiger partial charge is 0.272 e. The molecule has 8 heteroatoms. The van der Waals surface area contributed by atoms with Crippen LogP contribution in [-0.4, -0.2) is 17.0 Å². The maximum atomic E-state index is 11.8. The van der Waals surface area contributed by atoms with Crippen LogP contribution in [-0.2, 0) is 0 Å². The van der Waals surface area contributed by atoms with Crippen LogP contribution in [0.4, 0.5) is 5.69 Å². The van der Waals surface area contributed by atoms with Crippen LogP contribution in [0, 0.1) is 10.1 Å². The van der Waals surface area contributed by atoms with Crippen molar-refractivity contribution in [3.8, 4) is 0 Å². The molecule has 0 bridgehead atoms. The highest BCUT2D eigenvalue weighted by Gasteiger charge is 2.14. The van der Waals surface area contributed by atoms with Crippen LogP contribution < -0.4 is 5.43 Å². The maximum absolute atomic E-state index is 11.8. The number of benzene rings is 1. The van der Waals surface area contributed by atoms with Crippen LogP contribution >= 0.6 is 11.6 Å². The molecule has 1 amide bonds. The first-order valence-electron chi connectivity index (χ1n) is 5.39. The van der Waals surface area contributed by atoms with Gasteiger partial charge in [0.25, 0.3) is 11.6 Å². The zero-order valence-electron chi connectivity index (χ0n) is 9.95. The topological polar surface area (TPSA) is 97.7 Å². The van der Waals surface area contributed by atoms with E-state index in [2.05, 4.69) is 10.5 Å². The SMILES string of the molecule is O=C(NN=Cc1ccco1)c1ccc([N+](=O)[O-])cc1Cl. The second-order valence-corrected chi connectivity index (χ2v) is 4.04.